The molecule has 2 rings (SSSR count). The first-order chi connectivity index (χ1) is 9.05. The first-order valence-electron chi connectivity index (χ1n) is 7.13. The molecule has 1 aliphatic heterocycles. The predicted molar refractivity (Wildman–Crippen MR) is 77.9 cm³/mol. The molecular formula is C16H24N2O. The van der Waals surface area contributed by atoms with Gasteiger partial charge in [-0.15, -0.1) is 0 Å². The van der Waals surface area contributed by atoms with E-state index < -0.39 is 0 Å². The van der Waals surface area contributed by atoms with Crippen molar-refractivity contribution < 1.29 is 4.79 Å². The fraction of sp³-hybridized carbons (Fsp3) is 0.562. The third-order valence-corrected chi connectivity index (χ3v) is 4.11. The molecule has 0 radical (unpaired) electrons. The maximum atomic E-state index is 12.4. The summed E-state index contributed by atoms with van der Waals surface area (Å²) in [7, 11) is 0. The molecular weight excluding hydrogens is 236 g/mol. The van der Waals surface area contributed by atoms with E-state index in [1.807, 2.05) is 6.92 Å². The van der Waals surface area contributed by atoms with Crippen LogP contribution < -0.4 is 10.6 Å². The van der Waals surface area contributed by atoms with Gasteiger partial charge in [-0.3, -0.25) is 4.79 Å². The summed E-state index contributed by atoms with van der Waals surface area (Å²) < 4.78 is 0. The molecule has 1 amide bonds. The van der Waals surface area contributed by atoms with E-state index in [0.29, 0.717) is 0 Å². The molecule has 0 spiro atoms. The Hall–Kier alpha value is -1.35. The van der Waals surface area contributed by atoms with Crippen molar-refractivity contribution in [2.45, 2.75) is 39.7 Å². The number of nitrogens with one attached hydrogen (secondary N) is 2. The normalized spacial score (nSPS) is 24.2. The summed E-state index contributed by atoms with van der Waals surface area (Å²) in [5.74, 6) is 0.171. The zero-order valence-corrected chi connectivity index (χ0v) is 12.1. The van der Waals surface area contributed by atoms with E-state index in [-0.39, 0.29) is 17.4 Å². The molecule has 1 aliphatic rings. The van der Waals surface area contributed by atoms with E-state index in [4.69, 9.17) is 0 Å². The zero-order chi connectivity index (χ0) is 13.9. The van der Waals surface area contributed by atoms with E-state index in [1.54, 1.807) is 0 Å². The summed E-state index contributed by atoms with van der Waals surface area (Å²) in [4.78, 5) is 12.4. The summed E-state index contributed by atoms with van der Waals surface area (Å²) in [6.45, 7) is 7.95. The first kappa shape index (κ1) is 14.1. The molecule has 0 aliphatic carbocycles. The Balaban J connectivity index is 2.06. The summed E-state index contributed by atoms with van der Waals surface area (Å²) in [6.07, 6.45) is 1.83. The quantitative estimate of drug-likeness (QED) is 0.873. The van der Waals surface area contributed by atoms with Crippen LogP contribution in [0.2, 0.25) is 0 Å². The third-order valence-electron chi connectivity index (χ3n) is 4.11. The predicted octanol–water partition coefficient (Wildman–Crippen LogP) is 2.56. The number of carbonyl (C=O) groups is 1. The molecule has 2 atom stereocenters. The lowest BCUT2D eigenvalue weighted by atomic mass is 9.88. The molecule has 104 valence electrons. The highest BCUT2D eigenvalue weighted by Gasteiger charge is 2.37. The standard InChI is InChI=1S/C16H24N2O/c1-4-14(13-7-5-12(2)6-8-13)18-15(19)16(3)9-10-17-11-16/h5-8,14,17H,4,9-11H2,1-3H3,(H,18,19). The van der Waals surface area contributed by atoms with E-state index in [0.717, 1.165) is 25.9 Å². The molecule has 3 nitrogen and oxygen atoms in total. The molecule has 1 fully saturated rings. The summed E-state index contributed by atoms with van der Waals surface area (Å²) in [5, 5.41) is 6.48. The van der Waals surface area contributed by atoms with Crippen molar-refractivity contribution in [3.63, 3.8) is 0 Å². The average molecular weight is 260 g/mol. The minimum atomic E-state index is -0.252. The summed E-state index contributed by atoms with van der Waals surface area (Å²) in [6, 6.07) is 8.54. The second-order valence-corrected chi connectivity index (χ2v) is 5.83. The van der Waals surface area contributed by atoms with Crippen LogP contribution in [0.25, 0.3) is 0 Å². The van der Waals surface area contributed by atoms with Gasteiger partial charge in [-0.05, 0) is 38.8 Å². The largest absolute Gasteiger partial charge is 0.349 e. The van der Waals surface area contributed by atoms with Crippen molar-refractivity contribution in [3.05, 3.63) is 35.4 Å². The number of carbonyl (C=O) groups excluding carboxylic acids is 1. The summed E-state index contributed by atoms with van der Waals surface area (Å²) in [5.41, 5.74) is 2.19. The van der Waals surface area contributed by atoms with Gasteiger partial charge in [0.05, 0.1) is 11.5 Å². The number of aryl methyl sites for hydroxylation is 1. The number of hydrogen-bond donors (Lipinski definition) is 2. The molecule has 0 aromatic heterocycles. The molecule has 2 N–H and O–H groups in total. The van der Waals surface area contributed by atoms with Gasteiger partial charge in [0.15, 0.2) is 0 Å². The van der Waals surface area contributed by atoms with Gasteiger partial charge < -0.3 is 10.6 Å². The van der Waals surface area contributed by atoms with Crippen molar-refractivity contribution in [2.24, 2.45) is 5.41 Å². The highest BCUT2D eigenvalue weighted by Crippen LogP contribution is 2.27. The van der Waals surface area contributed by atoms with Gasteiger partial charge in [-0.1, -0.05) is 36.8 Å². The van der Waals surface area contributed by atoms with Crippen molar-refractivity contribution >= 4 is 5.91 Å². The van der Waals surface area contributed by atoms with Crippen LogP contribution >= 0.6 is 0 Å². The van der Waals surface area contributed by atoms with Crippen LogP contribution in [-0.4, -0.2) is 19.0 Å². The molecule has 1 aromatic carbocycles. The molecule has 1 saturated heterocycles. The molecule has 2 unspecified atom stereocenters. The molecule has 19 heavy (non-hydrogen) atoms. The maximum absolute atomic E-state index is 12.4. The van der Waals surface area contributed by atoms with Gasteiger partial charge in [-0.2, -0.15) is 0 Å². The van der Waals surface area contributed by atoms with E-state index >= 15 is 0 Å². The van der Waals surface area contributed by atoms with Crippen LogP contribution in [0.5, 0.6) is 0 Å². The van der Waals surface area contributed by atoms with Crippen molar-refractivity contribution in [1.29, 1.82) is 0 Å². The van der Waals surface area contributed by atoms with E-state index in [2.05, 4.69) is 48.7 Å². The number of amides is 1. The fourth-order valence-electron chi connectivity index (χ4n) is 2.56. The Morgan fingerprint density at radius 2 is 2.11 bits per heavy atom. The Bertz CT molecular complexity index is 433. The molecule has 0 bridgehead atoms. The van der Waals surface area contributed by atoms with Crippen molar-refractivity contribution in [1.82, 2.24) is 10.6 Å². The molecule has 1 aromatic rings. The number of rotatable bonds is 4. The van der Waals surface area contributed by atoms with Crippen LogP contribution in [0.1, 0.15) is 43.9 Å². The van der Waals surface area contributed by atoms with Crippen LogP contribution in [0.15, 0.2) is 24.3 Å². The van der Waals surface area contributed by atoms with Gasteiger partial charge in [-0.25, -0.2) is 0 Å². The Morgan fingerprint density at radius 3 is 2.63 bits per heavy atom. The van der Waals surface area contributed by atoms with Crippen LogP contribution in [0.3, 0.4) is 0 Å². The minimum absolute atomic E-state index is 0.116. The highest BCUT2D eigenvalue weighted by atomic mass is 16.2. The van der Waals surface area contributed by atoms with Crippen molar-refractivity contribution in [2.75, 3.05) is 13.1 Å². The van der Waals surface area contributed by atoms with Gasteiger partial charge >= 0.3 is 0 Å². The monoisotopic (exact) mass is 260 g/mol. The lowest BCUT2D eigenvalue weighted by Crippen LogP contribution is -2.42. The topological polar surface area (TPSA) is 41.1 Å². The zero-order valence-electron chi connectivity index (χ0n) is 12.1. The second kappa shape index (κ2) is 5.74. The second-order valence-electron chi connectivity index (χ2n) is 5.83. The Morgan fingerprint density at radius 1 is 1.42 bits per heavy atom. The van der Waals surface area contributed by atoms with Gasteiger partial charge in [0, 0.05) is 6.54 Å². The van der Waals surface area contributed by atoms with Gasteiger partial charge in [0.1, 0.15) is 0 Å². The van der Waals surface area contributed by atoms with E-state index in [1.165, 1.54) is 11.1 Å². The number of hydrogen-bond acceptors (Lipinski definition) is 2. The Labute approximate surface area is 115 Å². The third kappa shape index (κ3) is 3.16. The highest BCUT2D eigenvalue weighted by molar-refractivity contribution is 5.83. The first-order valence-corrected chi connectivity index (χ1v) is 7.13. The lowest BCUT2D eigenvalue weighted by molar-refractivity contribution is -0.130. The molecule has 3 heteroatoms. The number of benzene rings is 1. The minimum Gasteiger partial charge on any atom is -0.349 e. The fourth-order valence-corrected chi connectivity index (χ4v) is 2.56. The Kier molecular flexibility index (Phi) is 4.25. The summed E-state index contributed by atoms with van der Waals surface area (Å²) >= 11 is 0. The SMILES string of the molecule is CCC(NC(=O)C1(C)CCNC1)c1ccc(C)cc1. The average Bonchev–Trinajstić information content (AvgIpc) is 2.85. The van der Waals surface area contributed by atoms with Crippen molar-refractivity contribution in [3.8, 4) is 0 Å². The van der Waals surface area contributed by atoms with Crippen LogP contribution in [-0.2, 0) is 4.79 Å². The molecule has 1 heterocycles. The maximum Gasteiger partial charge on any atom is 0.227 e. The smallest absolute Gasteiger partial charge is 0.227 e. The van der Waals surface area contributed by atoms with Gasteiger partial charge in [0.25, 0.3) is 0 Å². The van der Waals surface area contributed by atoms with Crippen LogP contribution in [0.4, 0.5) is 0 Å². The molecule has 0 saturated carbocycles. The van der Waals surface area contributed by atoms with Gasteiger partial charge in [0.2, 0.25) is 5.91 Å². The lowest BCUT2D eigenvalue weighted by Gasteiger charge is -2.26. The van der Waals surface area contributed by atoms with Crippen LogP contribution in [0, 0.1) is 12.3 Å². The van der Waals surface area contributed by atoms with E-state index in [9.17, 15) is 4.79 Å².